The van der Waals surface area contributed by atoms with Crippen molar-refractivity contribution in [1.29, 1.82) is 0 Å². The lowest BCUT2D eigenvalue weighted by Gasteiger charge is -2.27. The second-order valence-corrected chi connectivity index (χ2v) is 8.91. The minimum Gasteiger partial charge on any atom is -0.508 e. The van der Waals surface area contributed by atoms with E-state index in [1.54, 1.807) is 42.5 Å². The van der Waals surface area contributed by atoms with Crippen LogP contribution in [0.4, 0.5) is 8.78 Å². The number of nitrogens with zero attached hydrogens (tertiary/aromatic N) is 1. The summed E-state index contributed by atoms with van der Waals surface area (Å²) in [5, 5.41) is 11.4. The normalized spacial score (nSPS) is 14.1. The molecule has 1 atom stereocenters. The smallest absolute Gasteiger partial charge is 0.169 e. The number of hydrogen-bond donors (Lipinski definition) is 1. The molecule has 4 aromatic carbocycles. The predicted octanol–water partition coefficient (Wildman–Crippen LogP) is 8.43. The summed E-state index contributed by atoms with van der Waals surface area (Å²) >= 11 is 0. The van der Waals surface area contributed by atoms with Crippen LogP contribution in [-0.2, 0) is 0 Å². The zero-order valence-corrected chi connectivity index (χ0v) is 21.2. The highest BCUT2D eigenvalue weighted by atomic mass is 35.5. The van der Waals surface area contributed by atoms with Gasteiger partial charge in [-0.25, -0.2) is 8.78 Å². The van der Waals surface area contributed by atoms with Crippen LogP contribution >= 0.6 is 12.4 Å². The summed E-state index contributed by atoms with van der Waals surface area (Å²) in [4.78, 5) is 2.19. The van der Waals surface area contributed by atoms with Crippen LogP contribution in [0.1, 0.15) is 26.2 Å². The molecule has 1 heterocycles. The molecule has 0 aliphatic carbocycles. The van der Waals surface area contributed by atoms with Gasteiger partial charge >= 0.3 is 0 Å². The van der Waals surface area contributed by atoms with E-state index in [4.69, 9.17) is 9.47 Å². The van der Waals surface area contributed by atoms with E-state index in [0.717, 1.165) is 30.8 Å². The molecule has 0 aromatic heterocycles. The van der Waals surface area contributed by atoms with Gasteiger partial charge in [0.15, 0.2) is 6.23 Å². The Morgan fingerprint density at radius 1 is 0.865 bits per heavy atom. The summed E-state index contributed by atoms with van der Waals surface area (Å²) in [5.74, 6) is 0.474. The third kappa shape index (κ3) is 6.15. The van der Waals surface area contributed by atoms with Gasteiger partial charge in [0, 0.05) is 23.6 Å². The van der Waals surface area contributed by atoms with E-state index in [9.17, 15) is 13.9 Å². The van der Waals surface area contributed by atoms with Crippen molar-refractivity contribution in [1.82, 2.24) is 4.90 Å². The fraction of sp³-hybridized carbons (Fsp3) is 0.200. The molecular weight excluding hydrogens is 496 g/mol. The fourth-order valence-corrected chi connectivity index (χ4v) is 4.45. The fourth-order valence-electron chi connectivity index (χ4n) is 4.45. The zero-order valence-electron chi connectivity index (χ0n) is 20.4. The number of halogens is 3. The Bertz CT molecular complexity index is 1390. The van der Waals surface area contributed by atoms with Crippen molar-refractivity contribution in [2.24, 2.45) is 0 Å². The maximum atomic E-state index is 14.0. The summed E-state index contributed by atoms with van der Waals surface area (Å²) in [5.41, 5.74) is 0.894. The van der Waals surface area contributed by atoms with Gasteiger partial charge in [0.25, 0.3) is 0 Å². The lowest BCUT2D eigenvalue weighted by molar-refractivity contribution is 0.0778. The Hall–Kier alpha value is -3.77. The van der Waals surface area contributed by atoms with Crippen molar-refractivity contribution < 1.29 is 23.4 Å². The molecule has 0 fully saturated rings. The summed E-state index contributed by atoms with van der Waals surface area (Å²) in [7, 11) is 0. The molecule has 0 spiro atoms. The summed E-state index contributed by atoms with van der Waals surface area (Å²) < 4.78 is 40.4. The number of rotatable bonds is 6. The molecule has 1 aliphatic heterocycles. The van der Waals surface area contributed by atoms with E-state index in [1.807, 2.05) is 19.1 Å². The molecule has 0 saturated heterocycles. The van der Waals surface area contributed by atoms with Crippen LogP contribution in [0.15, 0.2) is 85.1 Å². The highest BCUT2D eigenvalue weighted by molar-refractivity contribution is 5.96. The minimum atomic E-state index is -0.670. The van der Waals surface area contributed by atoms with Gasteiger partial charge < -0.3 is 19.5 Å². The van der Waals surface area contributed by atoms with Crippen LogP contribution in [0.3, 0.4) is 0 Å². The molecular formula is C30H28ClF2NO3. The lowest BCUT2D eigenvalue weighted by Crippen LogP contribution is -2.33. The van der Waals surface area contributed by atoms with Crippen molar-refractivity contribution in [2.45, 2.75) is 32.4 Å². The Labute approximate surface area is 221 Å². The summed E-state index contributed by atoms with van der Waals surface area (Å²) in [6.45, 7) is 2.98. The predicted molar refractivity (Wildman–Crippen MR) is 145 cm³/mol. The molecule has 5 rings (SSSR count). The van der Waals surface area contributed by atoms with Gasteiger partial charge in [-0.2, -0.15) is 0 Å². The maximum absolute atomic E-state index is 14.0. The van der Waals surface area contributed by atoms with Crippen LogP contribution in [0.2, 0.25) is 0 Å². The summed E-state index contributed by atoms with van der Waals surface area (Å²) in [6, 6.07) is 19.1. The largest absolute Gasteiger partial charge is 0.508 e. The Morgan fingerprint density at radius 3 is 2.35 bits per heavy atom. The summed E-state index contributed by atoms with van der Waals surface area (Å²) in [6.07, 6.45) is 7.58. The van der Waals surface area contributed by atoms with Crippen LogP contribution in [0.5, 0.6) is 23.0 Å². The molecule has 1 unspecified atom stereocenters. The number of hydrogen-bond acceptors (Lipinski definition) is 4. The average molecular weight is 524 g/mol. The number of allylic oxidation sites excluding steroid dienone is 1. The van der Waals surface area contributed by atoms with Crippen LogP contribution in [0.25, 0.3) is 21.9 Å². The molecule has 7 heteroatoms. The molecule has 0 amide bonds. The minimum absolute atomic E-state index is 0. The number of phenolic OH excluding ortho intramolecular Hbond substituents is 1. The maximum Gasteiger partial charge on any atom is 0.169 e. The number of benzene rings is 4. The first-order chi connectivity index (χ1) is 17.5. The van der Waals surface area contributed by atoms with Crippen LogP contribution in [0, 0.1) is 11.6 Å². The quantitative estimate of drug-likeness (QED) is 0.275. The Kier molecular flexibility index (Phi) is 8.19. The van der Waals surface area contributed by atoms with Gasteiger partial charge in [0.05, 0.1) is 0 Å². The number of aromatic hydroxyl groups is 1. The zero-order chi connectivity index (χ0) is 25.1. The van der Waals surface area contributed by atoms with Gasteiger partial charge in [-0.1, -0.05) is 12.1 Å². The SMILES string of the molecule is CC(Oc1ccc(Oc2c(-c3cc(F)cc(F)c3)ccc3cc(O)ccc23)cc1)N1C=CCCCC1.Cl. The molecule has 192 valence electrons. The first-order valence-corrected chi connectivity index (χ1v) is 12.1. The van der Waals surface area contributed by atoms with Crippen LogP contribution < -0.4 is 9.47 Å². The number of phenols is 1. The second kappa shape index (κ2) is 11.5. The van der Waals surface area contributed by atoms with E-state index in [-0.39, 0.29) is 24.4 Å². The highest BCUT2D eigenvalue weighted by Gasteiger charge is 2.16. The first-order valence-electron chi connectivity index (χ1n) is 12.1. The third-order valence-corrected chi connectivity index (χ3v) is 6.28. The van der Waals surface area contributed by atoms with E-state index < -0.39 is 11.6 Å². The Balaban J connectivity index is 0.00000320. The van der Waals surface area contributed by atoms with Crippen molar-refractivity contribution in [3.63, 3.8) is 0 Å². The molecule has 1 N–H and O–H groups in total. The third-order valence-electron chi connectivity index (χ3n) is 6.28. The van der Waals surface area contributed by atoms with E-state index in [2.05, 4.69) is 17.2 Å². The van der Waals surface area contributed by atoms with Crippen molar-refractivity contribution in [2.75, 3.05) is 6.54 Å². The van der Waals surface area contributed by atoms with Gasteiger partial charge in [0.1, 0.15) is 34.6 Å². The van der Waals surface area contributed by atoms with Crippen molar-refractivity contribution in [3.05, 3.63) is 96.7 Å². The topological polar surface area (TPSA) is 41.9 Å². The standard InChI is InChI=1S/C30H27F2NO3.ClH/c1-20(33-14-4-2-3-5-15-33)35-26-8-10-27(11-9-26)36-30-28-13-7-25(34)18-21(28)6-12-29(30)22-16-23(31)19-24(32)17-22;/h4,6-14,16-20,34H,2-3,5,15H2,1H3;1H. The second-order valence-electron chi connectivity index (χ2n) is 8.91. The molecule has 0 radical (unpaired) electrons. The lowest BCUT2D eigenvalue weighted by atomic mass is 9.99. The first kappa shape index (κ1) is 26.3. The molecule has 0 saturated carbocycles. The van der Waals surface area contributed by atoms with Crippen molar-refractivity contribution >= 4 is 23.2 Å². The number of ether oxygens (including phenoxy) is 2. The average Bonchev–Trinajstić information content (AvgIpc) is 3.14. The molecule has 0 bridgehead atoms. The van der Waals surface area contributed by atoms with Crippen LogP contribution in [-0.4, -0.2) is 22.8 Å². The molecule has 37 heavy (non-hydrogen) atoms. The molecule has 4 aromatic rings. The Morgan fingerprint density at radius 2 is 1.59 bits per heavy atom. The van der Waals surface area contributed by atoms with E-state index in [1.165, 1.54) is 18.6 Å². The monoisotopic (exact) mass is 523 g/mol. The van der Waals surface area contributed by atoms with Gasteiger partial charge in [-0.15, -0.1) is 12.4 Å². The van der Waals surface area contributed by atoms with E-state index in [0.29, 0.717) is 33.8 Å². The van der Waals surface area contributed by atoms with E-state index >= 15 is 0 Å². The van der Waals surface area contributed by atoms with Gasteiger partial charge in [-0.3, -0.25) is 0 Å². The number of fused-ring (bicyclic) bond motifs is 1. The molecule has 1 aliphatic rings. The highest BCUT2D eigenvalue weighted by Crippen LogP contribution is 2.41. The van der Waals surface area contributed by atoms with Gasteiger partial charge in [-0.05, 0) is 104 Å². The van der Waals surface area contributed by atoms with Crippen molar-refractivity contribution in [3.8, 4) is 34.1 Å². The van der Waals surface area contributed by atoms with Gasteiger partial charge in [0.2, 0.25) is 0 Å². The molecule has 4 nitrogen and oxygen atoms in total.